The lowest BCUT2D eigenvalue weighted by Crippen LogP contribution is -2.17. The second-order valence-corrected chi connectivity index (χ2v) is 4.59. The van der Waals surface area contributed by atoms with E-state index in [1.54, 1.807) is 7.11 Å². The molecule has 8 heteroatoms. The topological polar surface area (TPSA) is 84.4 Å². The molecular weight excluding hydrogens is 272 g/mol. The lowest BCUT2D eigenvalue weighted by Gasteiger charge is -2.13. The monoisotopic (exact) mass is 298 g/mol. The fraction of sp³-hybridized carbons (Fsp3) is 0.769. The third-order valence-electron chi connectivity index (χ3n) is 2.54. The summed E-state index contributed by atoms with van der Waals surface area (Å²) in [6, 6.07) is 0. The number of ether oxygens (including phenoxy) is 2. The van der Waals surface area contributed by atoms with Crippen molar-refractivity contribution in [2.24, 2.45) is 0 Å². The quantitative estimate of drug-likeness (QED) is 0.581. The maximum Gasteiger partial charge on any atom is 0.231 e. The lowest BCUT2D eigenvalue weighted by atomic mass is 10.4. The molecule has 0 bridgehead atoms. The molecule has 0 saturated carbocycles. The van der Waals surface area contributed by atoms with Crippen molar-refractivity contribution < 1.29 is 9.47 Å². The van der Waals surface area contributed by atoms with Gasteiger partial charge in [-0.2, -0.15) is 15.0 Å². The van der Waals surface area contributed by atoms with Gasteiger partial charge in [0.05, 0.1) is 13.2 Å². The van der Waals surface area contributed by atoms with Gasteiger partial charge < -0.3 is 25.0 Å². The van der Waals surface area contributed by atoms with Crippen LogP contribution in [0.25, 0.3) is 0 Å². The van der Waals surface area contributed by atoms with Gasteiger partial charge in [0.2, 0.25) is 17.8 Å². The Bertz CT molecular complexity index is 402. The van der Waals surface area contributed by atoms with Crippen molar-refractivity contribution in [3.63, 3.8) is 0 Å². The first-order chi connectivity index (χ1) is 10.2. The highest BCUT2D eigenvalue weighted by Gasteiger charge is 2.07. The molecule has 1 aromatic rings. The van der Waals surface area contributed by atoms with Gasteiger partial charge in [0.15, 0.2) is 0 Å². The standard InChI is InChI=1S/C13H26N6O2/c1-5-14-11-16-12(18-13(17-11)19(2)3)15-7-6-8-21-10-9-20-4/h5-10H2,1-4H3,(H2,14,15,16,17,18). The van der Waals surface area contributed by atoms with Crippen LogP contribution in [0, 0.1) is 0 Å². The van der Waals surface area contributed by atoms with Crippen LogP contribution >= 0.6 is 0 Å². The van der Waals surface area contributed by atoms with Crippen molar-refractivity contribution in [3.05, 3.63) is 0 Å². The summed E-state index contributed by atoms with van der Waals surface area (Å²) >= 11 is 0. The van der Waals surface area contributed by atoms with Crippen molar-refractivity contribution in [2.75, 3.05) is 69.6 Å². The second kappa shape index (κ2) is 10.1. The molecular formula is C13H26N6O2. The fourth-order valence-corrected chi connectivity index (χ4v) is 1.50. The highest BCUT2D eigenvalue weighted by molar-refractivity contribution is 5.42. The van der Waals surface area contributed by atoms with Crippen LogP contribution in [-0.2, 0) is 9.47 Å². The van der Waals surface area contributed by atoms with E-state index < -0.39 is 0 Å². The molecule has 21 heavy (non-hydrogen) atoms. The summed E-state index contributed by atoms with van der Waals surface area (Å²) in [5.74, 6) is 1.77. The molecule has 8 nitrogen and oxygen atoms in total. The van der Waals surface area contributed by atoms with E-state index in [9.17, 15) is 0 Å². The molecule has 0 aliphatic heterocycles. The number of anilines is 3. The van der Waals surface area contributed by atoms with Crippen LogP contribution in [-0.4, -0.2) is 69.1 Å². The Labute approximate surface area is 126 Å². The van der Waals surface area contributed by atoms with Gasteiger partial charge in [-0.1, -0.05) is 0 Å². The first kappa shape index (κ1) is 17.4. The Hall–Kier alpha value is -1.67. The predicted octanol–water partition coefficient (Wildman–Crippen LogP) is 0.834. The molecule has 0 unspecified atom stereocenters. The zero-order chi connectivity index (χ0) is 15.5. The average molecular weight is 298 g/mol. The molecule has 0 aliphatic rings. The second-order valence-electron chi connectivity index (χ2n) is 4.59. The summed E-state index contributed by atoms with van der Waals surface area (Å²) in [7, 11) is 5.47. The Morgan fingerprint density at radius 3 is 2.33 bits per heavy atom. The van der Waals surface area contributed by atoms with Gasteiger partial charge >= 0.3 is 0 Å². The third kappa shape index (κ3) is 7.05. The molecule has 1 heterocycles. The van der Waals surface area contributed by atoms with E-state index in [-0.39, 0.29) is 0 Å². The van der Waals surface area contributed by atoms with Crippen molar-refractivity contribution in [3.8, 4) is 0 Å². The van der Waals surface area contributed by atoms with E-state index in [0.717, 1.165) is 19.5 Å². The summed E-state index contributed by atoms with van der Waals surface area (Å²) in [5, 5.41) is 6.29. The highest BCUT2D eigenvalue weighted by Crippen LogP contribution is 2.11. The minimum Gasteiger partial charge on any atom is -0.382 e. The number of hydrogen-bond donors (Lipinski definition) is 2. The molecule has 0 aromatic carbocycles. The molecule has 0 saturated heterocycles. The third-order valence-corrected chi connectivity index (χ3v) is 2.54. The van der Waals surface area contributed by atoms with Crippen LogP contribution in [0.1, 0.15) is 13.3 Å². The van der Waals surface area contributed by atoms with Crippen LogP contribution in [0.3, 0.4) is 0 Å². The van der Waals surface area contributed by atoms with E-state index in [1.165, 1.54) is 0 Å². The van der Waals surface area contributed by atoms with Gasteiger partial charge in [0.25, 0.3) is 0 Å². The largest absolute Gasteiger partial charge is 0.382 e. The number of rotatable bonds is 11. The van der Waals surface area contributed by atoms with Crippen molar-refractivity contribution in [1.29, 1.82) is 0 Å². The average Bonchev–Trinajstić information content (AvgIpc) is 2.46. The molecule has 0 amide bonds. The van der Waals surface area contributed by atoms with Crippen LogP contribution in [0.2, 0.25) is 0 Å². The Kier molecular flexibility index (Phi) is 8.37. The SMILES string of the molecule is CCNc1nc(NCCCOCCOC)nc(N(C)C)n1. The summed E-state index contributed by atoms with van der Waals surface area (Å²) < 4.78 is 10.3. The first-order valence-corrected chi connectivity index (χ1v) is 7.15. The smallest absolute Gasteiger partial charge is 0.231 e. The number of nitrogens with zero attached hydrogens (tertiary/aromatic N) is 4. The Morgan fingerprint density at radius 1 is 1.00 bits per heavy atom. The normalized spacial score (nSPS) is 10.5. The summed E-state index contributed by atoms with van der Waals surface area (Å²) in [6.07, 6.45) is 0.878. The Morgan fingerprint density at radius 2 is 1.71 bits per heavy atom. The minimum absolute atomic E-state index is 0.571. The van der Waals surface area contributed by atoms with Crippen molar-refractivity contribution in [1.82, 2.24) is 15.0 Å². The Balaban J connectivity index is 2.42. The van der Waals surface area contributed by atoms with Crippen LogP contribution in [0.4, 0.5) is 17.8 Å². The van der Waals surface area contributed by atoms with Gasteiger partial charge in [-0.05, 0) is 13.3 Å². The fourth-order valence-electron chi connectivity index (χ4n) is 1.50. The zero-order valence-corrected chi connectivity index (χ0v) is 13.3. The molecule has 0 radical (unpaired) electrons. The lowest BCUT2D eigenvalue weighted by molar-refractivity contribution is 0.0705. The van der Waals surface area contributed by atoms with E-state index in [1.807, 2.05) is 25.9 Å². The molecule has 1 aromatic heterocycles. The summed E-state index contributed by atoms with van der Waals surface area (Å²) in [6.45, 7) is 5.45. The summed E-state index contributed by atoms with van der Waals surface area (Å²) in [4.78, 5) is 14.8. The maximum absolute atomic E-state index is 5.40. The molecule has 0 atom stereocenters. The van der Waals surface area contributed by atoms with Gasteiger partial charge in [0, 0.05) is 40.9 Å². The highest BCUT2D eigenvalue weighted by atomic mass is 16.5. The molecule has 0 fully saturated rings. The minimum atomic E-state index is 0.571. The number of hydrogen-bond acceptors (Lipinski definition) is 8. The van der Waals surface area contributed by atoms with Gasteiger partial charge in [-0.15, -0.1) is 0 Å². The van der Waals surface area contributed by atoms with E-state index in [4.69, 9.17) is 9.47 Å². The van der Waals surface area contributed by atoms with Crippen LogP contribution in [0.15, 0.2) is 0 Å². The maximum atomic E-state index is 5.40. The number of aromatic nitrogens is 3. The van der Waals surface area contributed by atoms with Gasteiger partial charge in [-0.25, -0.2) is 0 Å². The first-order valence-electron chi connectivity index (χ1n) is 7.15. The molecule has 0 aliphatic carbocycles. The molecule has 2 N–H and O–H groups in total. The number of nitrogens with one attached hydrogen (secondary N) is 2. The molecule has 120 valence electrons. The van der Waals surface area contributed by atoms with E-state index in [0.29, 0.717) is 37.7 Å². The zero-order valence-electron chi connectivity index (χ0n) is 13.3. The van der Waals surface area contributed by atoms with Crippen LogP contribution in [0.5, 0.6) is 0 Å². The van der Waals surface area contributed by atoms with Gasteiger partial charge in [0.1, 0.15) is 0 Å². The van der Waals surface area contributed by atoms with E-state index in [2.05, 4.69) is 25.6 Å². The predicted molar refractivity (Wildman–Crippen MR) is 84.1 cm³/mol. The van der Waals surface area contributed by atoms with E-state index >= 15 is 0 Å². The molecule has 1 rings (SSSR count). The van der Waals surface area contributed by atoms with Crippen LogP contribution < -0.4 is 15.5 Å². The van der Waals surface area contributed by atoms with Crippen molar-refractivity contribution >= 4 is 17.8 Å². The van der Waals surface area contributed by atoms with Gasteiger partial charge in [-0.3, -0.25) is 0 Å². The molecule has 0 spiro atoms. The number of methoxy groups -OCH3 is 1. The van der Waals surface area contributed by atoms with Crippen molar-refractivity contribution in [2.45, 2.75) is 13.3 Å². The summed E-state index contributed by atoms with van der Waals surface area (Å²) in [5.41, 5.74) is 0.